The fraction of sp³-hybridized carbons (Fsp3) is 0.538. The molecule has 1 heterocycles. The Bertz CT molecular complexity index is 363. The highest BCUT2D eigenvalue weighted by atomic mass is 16.1. The first-order chi connectivity index (χ1) is 8.13. The van der Waals surface area contributed by atoms with E-state index in [0.717, 1.165) is 18.7 Å². The molecule has 1 rings (SSSR count). The van der Waals surface area contributed by atoms with Crippen LogP contribution in [-0.2, 0) is 0 Å². The average Bonchev–Trinajstić information content (AvgIpc) is 2.33. The van der Waals surface area contributed by atoms with Crippen LogP contribution in [0.4, 0.5) is 5.69 Å². The largest absolute Gasteiger partial charge is 0.384 e. The van der Waals surface area contributed by atoms with Gasteiger partial charge in [0.15, 0.2) is 0 Å². The number of hydrogen-bond acceptors (Lipinski definition) is 3. The second kappa shape index (κ2) is 6.89. The Labute approximate surface area is 103 Å². The van der Waals surface area contributed by atoms with Crippen LogP contribution in [0.1, 0.15) is 37.6 Å². The highest BCUT2D eigenvalue weighted by Gasteiger charge is 2.06. The van der Waals surface area contributed by atoms with Gasteiger partial charge in [0.2, 0.25) is 0 Å². The van der Waals surface area contributed by atoms with E-state index < -0.39 is 0 Å². The van der Waals surface area contributed by atoms with E-state index in [9.17, 15) is 4.79 Å². The molecule has 0 aliphatic carbocycles. The topological polar surface area (TPSA) is 54.0 Å². The first-order valence-corrected chi connectivity index (χ1v) is 6.10. The summed E-state index contributed by atoms with van der Waals surface area (Å²) in [7, 11) is 0. The van der Waals surface area contributed by atoms with Gasteiger partial charge < -0.3 is 10.6 Å². The third-order valence-electron chi connectivity index (χ3n) is 2.25. The molecule has 94 valence electrons. The van der Waals surface area contributed by atoms with Crippen LogP contribution in [0.2, 0.25) is 0 Å². The van der Waals surface area contributed by atoms with Crippen LogP contribution in [0.5, 0.6) is 0 Å². The number of carbonyl (C=O) groups excluding carboxylic acids is 1. The van der Waals surface area contributed by atoms with Crippen molar-refractivity contribution < 1.29 is 4.79 Å². The van der Waals surface area contributed by atoms with Gasteiger partial charge >= 0.3 is 0 Å². The van der Waals surface area contributed by atoms with E-state index in [1.165, 1.54) is 0 Å². The Morgan fingerprint density at radius 3 is 2.82 bits per heavy atom. The summed E-state index contributed by atoms with van der Waals surface area (Å²) in [6.07, 6.45) is 4.37. The average molecular weight is 235 g/mol. The number of nitrogens with zero attached hydrogens (tertiary/aromatic N) is 1. The van der Waals surface area contributed by atoms with Crippen molar-refractivity contribution in [2.24, 2.45) is 5.92 Å². The van der Waals surface area contributed by atoms with E-state index in [1.54, 1.807) is 12.4 Å². The lowest BCUT2D eigenvalue weighted by atomic mass is 10.2. The zero-order chi connectivity index (χ0) is 12.7. The molecule has 0 radical (unpaired) electrons. The fourth-order valence-corrected chi connectivity index (χ4v) is 1.33. The van der Waals surface area contributed by atoms with Crippen LogP contribution in [-0.4, -0.2) is 24.0 Å². The minimum Gasteiger partial charge on any atom is -0.384 e. The van der Waals surface area contributed by atoms with Crippen LogP contribution in [0.3, 0.4) is 0 Å². The molecule has 1 amide bonds. The third kappa shape index (κ3) is 4.85. The lowest BCUT2D eigenvalue weighted by molar-refractivity contribution is 0.0948. The number of pyridine rings is 1. The summed E-state index contributed by atoms with van der Waals surface area (Å²) in [5.41, 5.74) is 1.50. The molecular formula is C13H21N3O. The first kappa shape index (κ1) is 13.5. The van der Waals surface area contributed by atoms with E-state index in [0.29, 0.717) is 18.0 Å². The van der Waals surface area contributed by atoms with Gasteiger partial charge in [-0.1, -0.05) is 20.8 Å². The van der Waals surface area contributed by atoms with Crippen LogP contribution >= 0.6 is 0 Å². The monoisotopic (exact) mass is 235 g/mol. The molecule has 0 aliphatic heterocycles. The molecule has 0 bridgehead atoms. The fourth-order valence-electron chi connectivity index (χ4n) is 1.33. The molecule has 0 atom stereocenters. The van der Waals surface area contributed by atoms with Crippen molar-refractivity contribution in [2.45, 2.75) is 27.2 Å². The summed E-state index contributed by atoms with van der Waals surface area (Å²) in [6, 6.07) is 1.83. The maximum absolute atomic E-state index is 11.8. The van der Waals surface area contributed by atoms with Crippen molar-refractivity contribution >= 4 is 11.6 Å². The SMILES string of the molecule is CCCNc1cncc(C(=O)NCC(C)C)c1. The van der Waals surface area contributed by atoms with Gasteiger partial charge in [-0.15, -0.1) is 0 Å². The van der Waals surface area contributed by atoms with Gasteiger partial charge in [0.05, 0.1) is 11.3 Å². The van der Waals surface area contributed by atoms with Crippen molar-refractivity contribution in [3.63, 3.8) is 0 Å². The Balaban J connectivity index is 2.60. The summed E-state index contributed by atoms with van der Waals surface area (Å²) < 4.78 is 0. The lowest BCUT2D eigenvalue weighted by Crippen LogP contribution is -2.27. The highest BCUT2D eigenvalue weighted by Crippen LogP contribution is 2.08. The minimum atomic E-state index is -0.0636. The number of nitrogens with one attached hydrogen (secondary N) is 2. The number of hydrogen-bond donors (Lipinski definition) is 2. The Morgan fingerprint density at radius 1 is 1.41 bits per heavy atom. The summed E-state index contributed by atoms with van der Waals surface area (Å²) in [5.74, 6) is 0.389. The second-order valence-corrected chi connectivity index (χ2v) is 4.49. The second-order valence-electron chi connectivity index (χ2n) is 4.49. The van der Waals surface area contributed by atoms with Crippen LogP contribution in [0, 0.1) is 5.92 Å². The molecule has 1 aromatic rings. The van der Waals surface area contributed by atoms with Crippen molar-refractivity contribution in [3.05, 3.63) is 24.0 Å². The number of amides is 1. The number of rotatable bonds is 6. The van der Waals surface area contributed by atoms with E-state index in [-0.39, 0.29) is 5.91 Å². The Morgan fingerprint density at radius 2 is 2.18 bits per heavy atom. The van der Waals surface area contributed by atoms with Gasteiger partial charge in [0, 0.05) is 25.5 Å². The normalized spacial score (nSPS) is 10.4. The molecular weight excluding hydrogens is 214 g/mol. The molecule has 0 fully saturated rings. The van der Waals surface area contributed by atoms with Crippen LogP contribution in [0.15, 0.2) is 18.5 Å². The van der Waals surface area contributed by atoms with Crippen LogP contribution < -0.4 is 10.6 Å². The van der Waals surface area contributed by atoms with Gasteiger partial charge in [-0.25, -0.2) is 0 Å². The van der Waals surface area contributed by atoms with E-state index in [4.69, 9.17) is 0 Å². The van der Waals surface area contributed by atoms with E-state index in [2.05, 4.69) is 36.4 Å². The van der Waals surface area contributed by atoms with Crippen molar-refractivity contribution in [1.29, 1.82) is 0 Å². The number of aromatic nitrogens is 1. The molecule has 0 saturated carbocycles. The third-order valence-corrected chi connectivity index (χ3v) is 2.25. The quantitative estimate of drug-likeness (QED) is 0.795. The molecule has 1 aromatic heterocycles. The minimum absolute atomic E-state index is 0.0636. The molecule has 4 nitrogen and oxygen atoms in total. The Kier molecular flexibility index (Phi) is 5.46. The van der Waals surface area contributed by atoms with Crippen molar-refractivity contribution in [1.82, 2.24) is 10.3 Å². The predicted octanol–water partition coefficient (Wildman–Crippen LogP) is 2.29. The standard InChI is InChI=1S/C13H21N3O/c1-4-5-15-12-6-11(8-14-9-12)13(17)16-7-10(2)3/h6,8-10,15H,4-5,7H2,1-3H3,(H,16,17). The van der Waals surface area contributed by atoms with Gasteiger partial charge in [0.25, 0.3) is 5.91 Å². The van der Waals surface area contributed by atoms with Gasteiger partial charge in [-0.3, -0.25) is 9.78 Å². The zero-order valence-electron chi connectivity index (χ0n) is 10.8. The molecule has 17 heavy (non-hydrogen) atoms. The Hall–Kier alpha value is -1.58. The lowest BCUT2D eigenvalue weighted by Gasteiger charge is -2.09. The maximum Gasteiger partial charge on any atom is 0.252 e. The molecule has 0 saturated heterocycles. The van der Waals surface area contributed by atoms with Crippen LogP contribution in [0.25, 0.3) is 0 Å². The smallest absolute Gasteiger partial charge is 0.252 e. The number of anilines is 1. The van der Waals surface area contributed by atoms with Crippen molar-refractivity contribution in [2.75, 3.05) is 18.4 Å². The molecule has 0 aliphatic rings. The molecule has 0 unspecified atom stereocenters. The molecule has 2 N–H and O–H groups in total. The zero-order valence-corrected chi connectivity index (χ0v) is 10.8. The van der Waals surface area contributed by atoms with Gasteiger partial charge in [-0.2, -0.15) is 0 Å². The summed E-state index contributed by atoms with van der Waals surface area (Å²) >= 11 is 0. The summed E-state index contributed by atoms with van der Waals surface area (Å²) in [6.45, 7) is 7.80. The van der Waals surface area contributed by atoms with E-state index in [1.807, 2.05) is 6.07 Å². The summed E-state index contributed by atoms with van der Waals surface area (Å²) in [4.78, 5) is 15.9. The van der Waals surface area contributed by atoms with Gasteiger partial charge in [-0.05, 0) is 18.4 Å². The maximum atomic E-state index is 11.8. The number of carbonyl (C=O) groups is 1. The predicted molar refractivity (Wildman–Crippen MR) is 70.2 cm³/mol. The van der Waals surface area contributed by atoms with Gasteiger partial charge in [0.1, 0.15) is 0 Å². The first-order valence-electron chi connectivity index (χ1n) is 6.10. The van der Waals surface area contributed by atoms with Crippen molar-refractivity contribution in [3.8, 4) is 0 Å². The highest BCUT2D eigenvalue weighted by molar-refractivity contribution is 5.94. The van der Waals surface area contributed by atoms with E-state index >= 15 is 0 Å². The molecule has 4 heteroatoms. The molecule has 0 spiro atoms. The summed E-state index contributed by atoms with van der Waals surface area (Å²) in [5, 5.41) is 6.09. The molecule has 0 aromatic carbocycles.